The van der Waals surface area contributed by atoms with Gasteiger partial charge in [-0.1, -0.05) is 13.8 Å². The molecule has 0 aromatic carbocycles. The lowest BCUT2D eigenvalue weighted by molar-refractivity contribution is -0.120. The molecular formula is C12H21N3OS. The van der Waals surface area contributed by atoms with Gasteiger partial charge in [0.2, 0.25) is 5.91 Å². The van der Waals surface area contributed by atoms with E-state index in [2.05, 4.69) is 15.2 Å². The molecule has 0 saturated carbocycles. The zero-order chi connectivity index (χ0) is 12.8. The second kappa shape index (κ2) is 6.71. The second-order valence-corrected chi connectivity index (χ2v) is 5.24. The molecule has 5 heteroatoms. The Bertz CT molecular complexity index is 358. The summed E-state index contributed by atoms with van der Waals surface area (Å²) in [6, 6.07) is 0. The minimum Gasteiger partial charge on any atom is -0.304 e. The number of nitrogens with one attached hydrogen (secondary N) is 1. The maximum absolute atomic E-state index is 11.9. The topological polar surface area (TPSA) is 45.2 Å². The van der Waals surface area contributed by atoms with E-state index >= 15 is 0 Å². The number of carbonyl (C=O) groups excluding carboxylic acids is 1. The van der Waals surface area contributed by atoms with Crippen molar-refractivity contribution in [3.63, 3.8) is 0 Å². The van der Waals surface area contributed by atoms with Crippen LogP contribution < -0.4 is 5.32 Å². The second-order valence-electron chi connectivity index (χ2n) is 4.38. The van der Waals surface area contributed by atoms with E-state index in [-0.39, 0.29) is 11.8 Å². The van der Waals surface area contributed by atoms with Crippen LogP contribution in [0.3, 0.4) is 0 Å². The molecule has 1 aromatic heterocycles. The average Bonchev–Trinajstić information content (AvgIpc) is 2.66. The molecule has 1 rings (SSSR count). The van der Waals surface area contributed by atoms with Crippen LogP contribution in [0.2, 0.25) is 0 Å². The highest BCUT2D eigenvalue weighted by Crippen LogP contribution is 2.18. The number of amides is 1. The Balaban J connectivity index is 2.57. The van der Waals surface area contributed by atoms with Crippen LogP contribution in [-0.2, 0) is 11.3 Å². The van der Waals surface area contributed by atoms with Gasteiger partial charge in [-0.2, -0.15) is 0 Å². The van der Waals surface area contributed by atoms with Gasteiger partial charge >= 0.3 is 0 Å². The fourth-order valence-corrected chi connectivity index (χ4v) is 2.33. The zero-order valence-corrected chi connectivity index (χ0v) is 11.8. The molecule has 0 unspecified atom stereocenters. The summed E-state index contributed by atoms with van der Waals surface area (Å²) in [4.78, 5) is 18.3. The summed E-state index contributed by atoms with van der Waals surface area (Å²) in [6.45, 7) is 4.87. The third-order valence-electron chi connectivity index (χ3n) is 2.62. The first kappa shape index (κ1) is 14.1. The molecule has 0 fully saturated rings. The summed E-state index contributed by atoms with van der Waals surface area (Å²) in [5.74, 6) is 0.178. The minimum absolute atomic E-state index is 0.0840. The lowest BCUT2D eigenvalue weighted by Gasteiger charge is -2.10. The first-order valence-electron chi connectivity index (χ1n) is 5.96. The van der Waals surface area contributed by atoms with Crippen LogP contribution in [0.1, 0.15) is 32.4 Å². The van der Waals surface area contributed by atoms with Crippen LogP contribution in [0.4, 0.5) is 5.13 Å². The van der Waals surface area contributed by atoms with E-state index in [0.717, 1.165) is 25.1 Å². The van der Waals surface area contributed by atoms with Crippen molar-refractivity contribution in [3.05, 3.63) is 11.1 Å². The number of hydrogen-bond donors (Lipinski definition) is 1. The minimum atomic E-state index is 0.0840. The van der Waals surface area contributed by atoms with Gasteiger partial charge in [-0.3, -0.25) is 4.79 Å². The quantitative estimate of drug-likeness (QED) is 0.849. The molecule has 0 aliphatic rings. The third-order valence-corrected chi connectivity index (χ3v) is 3.42. The van der Waals surface area contributed by atoms with Crippen molar-refractivity contribution >= 4 is 22.4 Å². The van der Waals surface area contributed by atoms with Gasteiger partial charge in [-0.25, -0.2) is 4.98 Å². The number of nitrogens with zero attached hydrogens (tertiary/aromatic N) is 2. The normalized spacial score (nSPS) is 11.2. The molecule has 0 spiro atoms. The fourth-order valence-electron chi connectivity index (χ4n) is 1.63. The molecule has 1 aromatic rings. The van der Waals surface area contributed by atoms with Gasteiger partial charge < -0.3 is 10.2 Å². The highest BCUT2D eigenvalue weighted by atomic mass is 32.1. The number of thiazole rings is 1. The van der Waals surface area contributed by atoms with Gasteiger partial charge in [-0.15, -0.1) is 11.3 Å². The lowest BCUT2D eigenvalue weighted by Crippen LogP contribution is -2.21. The monoisotopic (exact) mass is 255 g/mol. The summed E-state index contributed by atoms with van der Waals surface area (Å²) in [5.41, 5.74) is 1.000. The smallest absolute Gasteiger partial charge is 0.229 e. The van der Waals surface area contributed by atoms with Gasteiger partial charge in [0.1, 0.15) is 0 Å². The number of rotatable bonds is 6. The standard InChI is InChI=1S/C12H21N3OS/c1-5-9(6-2)11(16)14-12-13-10(8-17-12)7-15(3)4/h8-9H,5-7H2,1-4H3,(H,13,14,16). The third kappa shape index (κ3) is 4.44. The van der Waals surface area contributed by atoms with Crippen molar-refractivity contribution in [2.45, 2.75) is 33.2 Å². The number of hydrogen-bond acceptors (Lipinski definition) is 4. The number of carbonyl (C=O) groups is 1. The van der Waals surface area contributed by atoms with Crippen molar-refractivity contribution in [1.29, 1.82) is 0 Å². The predicted octanol–water partition coefficient (Wildman–Crippen LogP) is 2.58. The predicted molar refractivity (Wildman–Crippen MR) is 72.2 cm³/mol. The van der Waals surface area contributed by atoms with Crippen LogP contribution in [0, 0.1) is 5.92 Å². The van der Waals surface area contributed by atoms with Gasteiger partial charge in [0, 0.05) is 17.8 Å². The van der Waals surface area contributed by atoms with Crippen LogP contribution >= 0.6 is 11.3 Å². The highest BCUT2D eigenvalue weighted by molar-refractivity contribution is 7.13. The SMILES string of the molecule is CCC(CC)C(=O)Nc1nc(CN(C)C)cs1. The summed E-state index contributed by atoms with van der Waals surface area (Å²) in [6.07, 6.45) is 1.75. The first-order chi connectivity index (χ1) is 8.06. The molecule has 4 nitrogen and oxygen atoms in total. The molecule has 1 amide bonds. The van der Waals surface area contributed by atoms with E-state index in [1.165, 1.54) is 11.3 Å². The summed E-state index contributed by atoms with van der Waals surface area (Å²) in [7, 11) is 4.00. The maximum Gasteiger partial charge on any atom is 0.229 e. The maximum atomic E-state index is 11.9. The average molecular weight is 255 g/mol. The van der Waals surface area contributed by atoms with E-state index in [1.807, 2.05) is 33.3 Å². The zero-order valence-electron chi connectivity index (χ0n) is 11.0. The van der Waals surface area contributed by atoms with Crippen LogP contribution in [0.5, 0.6) is 0 Å². The Hall–Kier alpha value is -0.940. The van der Waals surface area contributed by atoms with E-state index < -0.39 is 0 Å². The highest BCUT2D eigenvalue weighted by Gasteiger charge is 2.15. The molecule has 0 bridgehead atoms. The van der Waals surface area contributed by atoms with Gasteiger partial charge in [0.25, 0.3) is 0 Å². The number of aromatic nitrogens is 1. The fraction of sp³-hybridized carbons (Fsp3) is 0.667. The summed E-state index contributed by atoms with van der Waals surface area (Å²) in [5, 5.41) is 5.58. The van der Waals surface area contributed by atoms with Crippen LogP contribution in [0.25, 0.3) is 0 Å². The molecule has 96 valence electrons. The van der Waals surface area contributed by atoms with Crippen molar-refractivity contribution in [3.8, 4) is 0 Å². The van der Waals surface area contributed by atoms with Crippen molar-refractivity contribution in [2.75, 3.05) is 19.4 Å². The van der Waals surface area contributed by atoms with Gasteiger partial charge in [0.05, 0.1) is 5.69 Å². The van der Waals surface area contributed by atoms with Crippen molar-refractivity contribution in [2.24, 2.45) is 5.92 Å². The van der Waals surface area contributed by atoms with Crippen LogP contribution in [0.15, 0.2) is 5.38 Å². The van der Waals surface area contributed by atoms with E-state index in [0.29, 0.717) is 5.13 Å². The van der Waals surface area contributed by atoms with E-state index in [4.69, 9.17) is 0 Å². The molecule has 1 N–H and O–H groups in total. The molecule has 0 atom stereocenters. The Labute approximate surface area is 107 Å². The molecule has 0 saturated heterocycles. The molecule has 17 heavy (non-hydrogen) atoms. The van der Waals surface area contributed by atoms with Crippen molar-refractivity contribution < 1.29 is 4.79 Å². The van der Waals surface area contributed by atoms with E-state index in [1.54, 1.807) is 0 Å². The molecule has 0 aliphatic heterocycles. The first-order valence-corrected chi connectivity index (χ1v) is 6.84. The molecule has 1 heterocycles. The Morgan fingerprint density at radius 3 is 2.65 bits per heavy atom. The van der Waals surface area contributed by atoms with Crippen LogP contribution in [-0.4, -0.2) is 29.9 Å². The summed E-state index contributed by atoms with van der Waals surface area (Å²) >= 11 is 1.49. The summed E-state index contributed by atoms with van der Waals surface area (Å²) < 4.78 is 0. The molecular weight excluding hydrogens is 234 g/mol. The lowest BCUT2D eigenvalue weighted by atomic mass is 10.0. The Morgan fingerprint density at radius 2 is 2.12 bits per heavy atom. The Kier molecular flexibility index (Phi) is 5.58. The van der Waals surface area contributed by atoms with Gasteiger partial charge in [0.15, 0.2) is 5.13 Å². The largest absolute Gasteiger partial charge is 0.304 e. The molecule has 0 aliphatic carbocycles. The van der Waals surface area contributed by atoms with E-state index in [9.17, 15) is 4.79 Å². The Morgan fingerprint density at radius 1 is 1.47 bits per heavy atom. The van der Waals surface area contributed by atoms with Crippen molar-refractivity contribution in [1.82, 2.24) is 9.88 Å². The molecule has 0 radical (unpaired) electrons. The van der Waals surface area contributed by atoms with Gasteiger partial charge in [-0.05, 0) is 26.9 Å². The number of anilines is 1.